The summed E-state index contributed by atoms with van der Waals surface area (Å²) in [7, 11) is 0. The van der Waals surface area contributed by atoms with Gasteiger partial charge in [0.2, 0.25) is 17.7 Å². The van der Waals surface area contributed by atoms with Crippen LogP contribution in [0.3, 0.4) is 0 Å². The Labute approximate surface area is 203 Å². The maximum absolute atomic E-state index is 12.9. The normalized spacial score (nSPS) is 17.6. The Hall–Kier alpha value is -3.42. The lowest BCUT2D eigenvalue weighted by Gasteiger charge is -2.27. The molecule has 4 atom stereocenters. The molecule has 1 aliphatic heterocycles. The van der Waals surface area contributed by atoms with Crippen LogP contribution in [0.5, 0.6) is 0 Å². The topological polar surface area (TPSA) is 238 Å². The summed E-state index contributed by atoms with van der Waals surface area (Å²) in [6.07, 6.45) is 1.21. The van der Waals surface area contributed by atoms with Crippen molar-refractivity contribution in [1.29, 1.82) is 0 Å². The number of guanidine groups is 1. The van der Waals surface area contributed by atoms with Gasteiger partial charge in [-0.25, -0.2) is 4.79 Å². The summed E-state index contributed by atoms with van der Waals surface area (Å²) >= 11 is 0. The van der Waals surface area contributed by atoms with E-state index in [1.807, 2.05) is 0 Å². The first-order chi connectivity index (χ1) is 16.4. The zero-order chi connectivity index (χ0) is 26.5. The average Bonchev–Trinajstić information content (AvgIpc) is 3.30. The lowest BCUT2D eigenvalue weighted by atomic mass is 10.0. The number of nitrogens with zero attached hydrogens (tertiary/aromatic N) is 1. The molecular formula is C21H37N7O7. The van der Waals surface area contributed by atoms with Crippen molar-refractivity contribution in [3.05, 3.63) is 0 Å². The Bertz CT molecular complexity index is 793. The quantitative estimate of drug-likeness (QED) is 0.0690. The Balaban J connectivity index is 2.86. The molecule has 10 N–H and O–H groups in total. The van der Waals surface area contributed by atoms with E-state index < -0.39 is 59.7 Å². The van der Waals surface area contributed by atoms with Gasteiger partial charge in [0, 0.05) is 13.0 Å². The van der Waals surface area contributed by atoms with Crippen LogP contribution in [0.2, 0.25) is 0 Å². The van der Waals surface area contributed by atoms with E-state index in [0.717, 1.165) is 6.42 Å². The zero-order valence-corrected chi connectivity index (χ0v) is 20.1. The minimum absolute atomic E-state index is 0.0578. The first kappa shape index (κ1) is 29.6. The highest BCUT2D eigenvalue weighted by Crippen LogP contribution is 2.09. The molecule has 14 heteroatoms. The van der Waals surface area contributed by atoms with Gasteiger partial charge >= 0.3 is 11.9 Å². The van der Waals surface area contributed by atoms with Gasteiger partial charge in [-0.1, -0.05) is 13.8 Å². The zero-order valence-electron chi connectivity index (χ0n) is 20.1. The van der Waals surface area contributed by atoms with Crippen LogP contribution in [0.25, 0.3) is 0 Å². The van der Waals surface area contributed by atoms with E-state index in [-0.39, 0.29) is 31.8 Å². The third-order valence-electron chi connectivity index (χ3n) is 5.46. The second-order valence-electron chi connectivity index (χ2n) is 8.72. The molecule has 1 saturated heterocycles. The van der Waals surface area contributed by atoms with Gasteiger partial charge in [-0.05, 0) is 44.6 Å². The van der Waals surface area contributed by atoms with Gasteiger partial charge in [-0.15, -0.1) is 0 Å². The number of nitrogens with one attached hydrogen (secondary N) is 4. The van der Waals surface area contributed by atoms with Crippen LogP contribution < -0.4 is 32.7 Å². The predicted octanol–water partition coefficient (Wildman–Crippen LogP) is -2.15. The van der Waals surface area contributed by atoms with Crippen molar-refractivity contribution in [2.75, 3.05) is 13.1 Å². The summed E-state index contributed by atoms with van der Waals surface area (Å²) in [5, 5.41) is 29.0. The molecule has 1 rings (SSSR count). The standard InChI is InChI=1S/C21H37N7O7/c1-11(2)16(19(33)27-14(20(34)35)6-4-10-25-21(22)23)28-18(32)13(7-8-15(29)30)26-17(31)12-5-3-9-24-12/h11-14,16,24H,3-10H2,1-2H3,(H,26,31)(H,27,33)(H,28,32)(H,29,30)(H,34,35)(H4,22,23,25). The van der Waals surface area contributed by atoms with Crippen molar-refractivity contribution < 1.29 is 34.2 Å². The summed E-state index contributed by atoms with van der Waals surface area (Å²) in [6.45, 7) is 4.17. The van der Waals surface area contributed by atoms with E-state index in [0.29, 0.717) is 19.4 Å². The second kappa shape index (κ2) is 14.8. The van der Waals surface area contributed by atoms with E-state index in [4.69, 9.17) is 16.6 Å². The molecular weight excluding hydrogens is 462 g/mol. The van der Waals surface area contributed by atoms with E-state index in [1.54, 1.807) is 13.8 Å². The SMILES string of the molecule is CC(C)C(NC(=O)C(CCC(=O)O)NC(=O)C1CCCN1)C(=O)NC(CCCN=C(N)N)C(=O)O. The van der Waals surface area contributed by atoms with Crippen LogP contribution in [-0.4, -0.2) is 83.1 Å². The smallest absolute Gasteiger partial charge is 0.326 e. The van der Waals surface area contributed by atoms with Crippen LogP contribution in [0.4, 0.5) is 0 Å². The first-order valence-electron chi connectivity index (χ1n) is 11.6. The molecule has 0 aromatic rings. The van der Waals surface area contributed by atoms with Gasteiger partial charge in [-0.3, -0.25) is 24.2 Å². The Morgan fingerprint density at radius 2 is 1.69 bits per heavy atom. The summed E-state index contributed by atoms with van der Waals surface area (Å²) in [5.74, 6) is -4.83. The van der Waals surface area contributed by atoms with Gasteiger partial charge in [0.15, 0.2) is 5.96 Å². The van der Waals surface area contributed by atoms with E-state index in [1.165, 1.54) is 0 Å². The molecule has 198 valence electrons. The molecule has 0 aromatic heterocycles. The van der Waals surface area contributed by atoms with E-state index >= 15 is 0 Å². The lowest BCUT2D eigenvalue weighted by molar-refractivity contribution is -0.142. The molecule has 1 heterocycles. The third kappa shape index (κ3) is 11.0. The monoisotopic (exact) mass is 499 g/mol. The highest BCUT2D eigenvalue weighted by Gasteiger charge is 2.32. The molecule has 1 aliphatic rings. The van der Waals surface area contributed by atoms with Gasteiger partial charge in [0.05, 0.1) is 6.04 Å². The molecule has 0 aromatic carbocycles. The molecule has 0 spiro atoms. The summed E-state index contributed by atoms with van der Waals surface area (Å²) in [4.78, 5) is 64.7. The number of carbonyl (C=O) groups is 5. The van der Waals surface area contributed by atoms with Gasteiger partial charge in [-0.2, -0.15) is 0 Å². The largest absolute Gasteiger partial charge is 0.481 e. The van der Waals surface area contributed by atoms with Crippen molar-refractivity contribution in [3.8, 4) is 0 Å². The molecule has 0 saturated carbocycles. The molecule has 0 radical (unpaired) electrons. The number of carboxylic acid groups (broad SMARTS) is 2. The lowest BCUT2D eigenvalue weighted by Crippen LogP contribution is -2.58. The molecule has 14 nitrogen and oxygen atoms in total. The fourth-order valence-corrected chi connectivity index (χ4v) is 3.53. The predicted molar refractivity (Wildman–Crippen MR) is 126 cm³/mol. The minimum atomic E-state index is -1.26. The van der Waals surface area contributed by atoms with E-state index in [2.05, 4.69) is 26.3 Å². The Kier molecular flexibility index (Phi) is 12.5. The molecule has 0 aliphatic carbocycles. The summed E-state index contributed by atoms with van der Waals surface area (Å²) in [5.41, 5.74) is 10.5. The number of nitrogens with two attached hydrogens (primary N) is 2. The van der Waals surface area contributed by atoms with E-state index in [9.17, 15) is 29.1 Å². The van der Waals surface area contributed by atoms with Crippen molar-refractivity contribution in [3.63, 3.8) is 0 Å². The van der Waals surface area contributed by atoms with Crippen LogP contribution in [0, 0.1) is 5.92 Å². The Morgan fingerprint density at radius 1 is 1.00 bits per heavy atom. The van der Waals surface area contributed by atoms with Gasteiger partial charge in [0.1, 0.15) is 18.1 Å². The number of hydrogen-bond donors (Lipinski definition) is 8. The number of carbonyl (C=O) groups excluding carboxylic acids is 3. The van der Waals surface area contributed by atoms with Crippen molar-refractivity contribution >= 4 is 35.6 Å². The highest BCUT2D eigenvalue weighted by atomic mass is 16.4. The maximum atomic E-state index is 12.9. The maximum Gasteiger partial charge on any atom is 0.326 e. The van der Waals surface area contributed by atoms with Crippen LogP contribution in [-0.2, 0) is 24.0 Å². The van der Waals surface area contributed by atoms with Crippen LogP contribution >= 0.6 is 0 Å². The van der Waals surface area contributed by atoms with Crippen molar-refractivity contribution in [1.82, 2.24) is 21.3 Å². The third-order valence-corrected chi connectivity index (χ3v) is 5.46. The number of aliphatic imine (C=N–C) groups is 1. The molecule has 4 unspecified atom stereocenters. The van der Waals surface area contributed by atoms with Crippen LogP contribution in [0.15, 0.2) is 4.99 Å². The molecule has 1 fully saturated rings. The first-order valence-corrected chi connectivity index (χ1v) is 11.6. The second-order valence-corrected chi connectivity index (χ2v) is 8.72. The Morgan fingerprint density at radius 3 is 2.20 bits per heavy atom. The van der Waals surface area contributed by atoms with Crippen LogP contribution in [0.1, 0.15) is 52.4 Å². The molecule has 0 bridgehead atoms. The average molecular weight is 500 g/mol. The summed E-state index contributed by atoms with van der Waals surface area (Å²) in [6, 6.07) is -4.00. The summed E-state index contributed by atoms with van der Waals surface area (Å²) < 4.78 is 0. The fourth-order valence-electron chi connectivity index (χ4n) is 3.53. The minimum Gasteiger partial charge on any atom is -0.481 e. The van der Waals surface area contributed by atoms with Crippen molar-refractivity contribution in [2.24, 2.45) is 22.4 Å². The molecule has 3 amide bonds. The number of rotatable bonds is 15. The fraction of sp³-hybridized carbons (Fsp3) is 0.714. The number of aliphatic carboxylic acids is 2. The van der Waals surface area contributed by atoms with Crippen molar-refractivity contribution in [2.45, 2.75) is 76.5 Å². The van der Waals surface area contributed by atoms with Gasteiger partial charge < -0.3 is 42.9 Å². The number of carboxylic acids is 2. The molecule has 35 heavy (non-hydrogen) atoms. The number of hydrogen-bond acceptors (Lipinski definition) is 7. The number of amides is 3. The highest BCUT2D eigenvalue weighted by molar-refractivity contribution is 5.94. The van der Waals surface area contributed by atoms with Gasteiger partial charge in [0.25, 0.3) is 0 Å².